The molecule has 2 rings (SSSR count). The summed E-state index contributed by atoms with van der Waals surface area (Å²) in [6.45, 7) is 0. The molecule has 112 valence electrons. The number of halogens is 1. The van der Waals surface area contributed by atoms with Gasteiger partial charge < -0.3 is 15.2 Å². The molecular formula is C17H20FNO2. The predicted octanol–water partition coefficient (Wildman–Crippen LogP) is 3.48. The molecular weight excluding hydrogens is 269 g/mol. The summed E-state index contributed by atoms with van der Waals surface area (Å²) in [5, 5.41) is 0. The topological polar surface area (TPSA) is 44.5 Å². The molecule has 21 heavy (non-hydrogen) atoms. The molecule has 2 N–H and O–H groups in total. The van der Waals surface area contributed by atoms with Crippen molar-refractivity contribution in [3.63, 3.8) is 0 Å². The highest BCUT2D eigenvalue weighted by Gasteiger charge is 2.14. The van der Waals surface area contributed by atoms with E-state index in [0.717, 1.165) is 17.1 Å². The fourth-order valence-corrected chi connectivity index (χ4v) is 2.30. The smallest absolute Gasteiger partial charge is 0.126 e. The molecule has 0 saturated heterocycles. The highest BCUT2D eigenvalue weighted by atomic mass is 19.1. The number of benzene rings is 2. The number of hydrogen-bond acceptors (Lipinski definition) is 3. The van der Waals surface area contributed by atoms with E-state index in [9.17, 15) is 4.39 Å². The summed E-state index contributed by atoms with van der Waals surface area (Å²) in [4.78, 5) is 0. The van der Waals surface area contributed by atoms with Gasteiger partial charge in [0, 0.05) is 11.6 Å². The number of rotatable bonds is 6. The fourth-order valence-electron chi connectivity index (χ4n) is 2.30. The Kier molecular flexibility index (Phi) is 5.17. The molecule has 0 radical (unpaired) electrons. The van der Waals surface area contributed by atoms with Gasteiger partial charge >= 0.3 is 0 Å². The second-order valence-corrected chi connectivity index (χ2v) is 4.84. The van der Waals surface area contributed by atoms with Crippen molar-refractivity contribution in [2.24, 2.45) is 5.73 Å². The summed E-state index contributed by atoms with van der Waals surface area (Å²) in [6.07, 6.45) is 1.21. The lowest BCUT2D eigenvalue weighted by atomic mass is 9.98. The maximum absolute atomic E-state index is 13.6. The molecule has 0 fully saturated rings. The van der Waals surface area contributed by atoms with Crippen LogP contribution in [0, 0.1) is 5.82 Å². The summed E-state index contributed by atoms with van der Waals surface area (Å²) < 4.78 is 24.2. The van der Waals surface area contributed by atoms with E-state index in [4.69, 9.17) is 15.2 Å². The number of aryl methyl sites for hydroxylation is 1. The molecule has 2 aromatic carbocycles. The predicted molar refractivity (Wildman–Crippen MR) is 81.2 cm³/mol. The van der Waals surface area contributed by atoms with E-state index in [1.54, 1.807) is 26.4 Å². The molecule has 0 amide bonds. The average molecular weight is 289 g/mol. The van der Waals surface area contributed by atoms with Crippen LogP contribution < -0.4 is 15.2 Å². The van der Waals surface area contributed by atoms with Crippen LogP contribution >= 0.6 is 0 Å². The van der Waals surface area contributed by atoms with Crippen LogP contribution in [0.4, 0.5) is 4.39 Å². The van der Waals surface area contributed by atoms with Crippen LogP contribution in [-0.4, -0.2) is 14.2 Å². The second-order valence-electron chi connectivity index (χ2n) is 4.84. The number of hydrogen-bond donors (Lipinski definition) is 1. The third kappa shape index (κ3) is 3.73. The Bertz CT molecular complexity index is 601. The first kappa shape index (κ1) is 15.3. The largest absolute Gasteiger partial charge is 0.497 e. The van der Waals surface area contributed by atoms with Crippen molar-refractivity contribution >= 4 is 0 Å². The van der Waals surface area contributed by atoms with Gasteiger partial charge in [0.1, 0.15) is 17.3 Å². The summed E-state index contributed by atoms with van der Waals surface area (Å²) in [5.41, 5.74) is 7.78. The first-order chi connectivity index (χ1) is 10.2. The summed E-state index contributed by atoms with van der Waals surface area (Å²) in [7, 11) is 3.21. The molecule has 3 nitrogen and oxygen atoms in total. The van der Waals surface area contributed by atoms with Gasteiger partial charge in [-0.15, -0.1) is 0 Å². The number of methoxy groups -OCH3 is 2. The molecule has 0 aliphatic heterocycles. The van der Waals surface area contributed by atoms with Gasteiger partial charge in [0.25, 0.3) is 0 Å². The molecule has 1 atom stereocenters. The normalized spacial score (nSPS) is 12.0. The average Bonchev–Trinajstić information content (AvgIpc) is 2.53. The molecule has 0 aliphatic rings. The van der Waals surface area contributed by atoms with Crippen LogP contribution in [0.5, 0.6) is 11.5 Å². The van der Waals surface area contributed by atoms with Crippen LogP contribution in [0.15, 0.2) is 42.5 Å². The Balaban J connectivity index is 2.13. The van der Waals surface area contributed by atoms with Gasteiger partial charge in [0.05, 0.1) is 14.2 Å². The monoisotopic (exact) mass is 289 g/mol. The van der Waals surface area contributed by atoms with Crippen molar-refractivity contribution in [3.05, 3.63) is 59.4 Å². The van der Waals surface area contributed by atoms with E-state index >= 15 is 0 Å². The molecule has 2 aromatic rings. The van der Waals surface area contributed by atoms with E-state index in [1.165, 1.54) is 6.07 Å². The van der Waals surface area contributed by atoms with Crippen LogP contribution in [0.2, 0.25) is 0 Å². The SMILES string of the molecule is COc1ccc(OC)c(C(N)CCc2ccccc2F)c1. The Morgan fingerprint density at radius 1 is 1.10 bits per heavy atom. The van der Waals surface area contributed by atoms with E-state index in [1.807, 2.05) is 24.3 Å². The molecule has 0 aromatic heterocycles. The minimum atomic E-state index is -0.241. The van der Waals surface area contributed by atoms with Crippen LogP contribution in [0.25, 0.3) is 0 Å². The standard InChI is InChI=1S/C17H20FNO2/c1-20-13-8-10-17(21-2)14(11-13)16(19)9-7-12-5-3-4-6-15(12)18/h3-6,8,10-11,16H,7,9,19H2,1-2H3. The van der Waals surface area contributed by atoms with Gasteiger partial charge in [-0.25, -0.2) is 4.39 Å². The van der Waals surface area contributed by atoms with Crippen LogP contribution in [-0.2, 0) is 6.42 Å². The highest BCUT2D eigenvalue weighted by molar-refractivity contribution is 5.42. The maximum Gasteiger partial charge on any atom is 0.126 e. The Morgan fingerprint density at radius 3 is 2.52 bits per heavy atom. The Labute approximate surface area is 124 Å². The van der Waals surface area contributed by atoms with Crippen molar-refractivity contribution in [2.45, 2.75) is 18.9 Å². The van der Waals surface area contributed by atoms with E-state index < -0.39 is 0 Å². The number of ether oxygens (including phenoxy) is 2. The third-order valence-corrected chi connectivity index (χ3v) is 3.52. The molecule has 1 unspecified atom stereocenters. The summed E-state index contributed by atoms with van der Waals surface area (Å²) in [5.74, 6) is 1.26. The van der Waals surface area contributed by atoms with Gasteiger partial charge in [-0.2, -0.15) is 0 Å². The zero-order valence-electron chi connectivity index (χ0n) is 12.3. The molecule has 0 aliphatic carbocycles. The molecule has 4 heteroatoms. The molecule has 0 saturated carbocycles. The third-order valence-electron chi connectivity index (χ3n) is 3.52. The first-order valence-corrected chi connectivity index (χ1v) is 6.86. The van der Waals surface area contributed by atoms with Gasteiger partial charge in [0.2, 0.25) is 0 Å². The van der Waals surface area contributed by atoms with Gasteiger partial charge in [-0.05, 0) is 42.7 Å². The molecule has 0 heterocycles. The number of nitrogens with two attached hydrogens (primary N) is 1. The van der Waals surface area contributed by atoms with Crippen molar-refractivity contribution in [2.75, 3.05) is 14.2 Å². The fraction of sp³-hybridized carbons (Fsp3) is 0.294. The summed E-state index contributed by atoms with van der Waals surface area (Å²) >= 11 is 0. The maximum atomic E-state index is 13.6. The second kappa shape index (κ2) is 7.09. The zero-order chi connectivity index (χ0) is 15.2. The molecule has 0 bridgehead atoms. The minimum absolute atomic E-state index is 0.192. The quantitative estimate of drug-likeness (QED) is 0.885. The Morgan fingerprint density at radius 2 is 1.86 bits per heavy atom. The Hall–Kier alpha value is -2.07. The van der Waals surface area contributed by atoms with E-state index in [-0.39, 0.29) is 11.9 Å². The van der Waals surface area contributed by atoms with Crippen molar-refractivity contribution < 1.29 is 13.9 Å². The first-order valence-electron chi connectivity index (χ1n) is 6.86. The van der Waals surface area contributed by atoms with E-state index in [0.29, 0.717) is 18.4 Å². The van der Waals surface area contributed by atoms with Crippen molar-refractivity contribution in [1.82, 2.24) is 0 Å². The zero-order valence-corrected chi connectivity index (χ0v) is 12.3. The van der Waals surface area contributed by atoms with Crippen molar-refractivity contribution in [1.29, 1.82) is 0 Å². The molecule has 0 spiro atoms. The van der Waals surface area contributed by atoms with E-state index in [2.05, 4.69) is 0 Å². The lowest BCUT2D eigenvalue weighted by molar-refractivity contribution is 0.394. The van der Waals surface area contributed by atoms with Gasteiger partial charge in [-0.1, -0.05) is 18.2 Å². The van der Waals surface area contributed by atoms with Crippen LogP contribution in [0.1, 0.15) is 23.6 Å². The lowest BCUT2D eigenvalue weighted by Crippen LogP contribution is -2.13. The van der Waals surface area contributed by atoms with Crippen LogP contribution in [0.3, 0.4) is 0 Å². The lowest BCUT2D eigenvalue weighted by Gasteiger charge is -2.17. The highest BCUT2D eigenvalue weighted by Crippen LogP contribution is 2.30. The van der Waals surface area contributed by atoms with Crippen molar-refractivity contribution in [3.8, 4) is 11.5 Å². The minimum Gasteiger partial charge on any atom is -0.497 e. The summed E-state index contributed by atoms with van der Waals surface area (Å²) in [6, 6.07) is 12.0. The van der Waals surface area contributed by atoms with Gasteiger partial charge in [0.15, 0.2) is 0 Å². The van der Waals surface area contributed by atoms with Gasteiger partial charge in [-0.3, -0.25) is 0 Å².